The summed E-state index contributed by atoms with van der Waals surface area (Å²) in [4.78, 5) is 15.9. The third kappa shape index (κ3) is 2.59. The number of ether oxygens (including phenoxy) is 1. The van der Waals surface area contributed by atoms with E-state index >= 15 is 0 Å². The van der Waals surface area contributed by atoms with Crippen LogP contribution in [-0.2, 0) is 11.3 Å². The molecular weight excluding hydrogens is 274 g/mol. The molecule has 0 saturated heterocycles. The quantitative estimate of drug-likeness (QED) is 0.914. The SMILES string of the molecule is COCc1nc(-c2ccc(C3CC3)cc2)sc1C(=O)O. The van der Waals surface area contributed by atoms with Gasteiger partial charge < -0.3 is 9.84 Å². The maximum atomic E-state index is 11.2. The molecule has 0 aliphatic heterocycles. The Bertz CT molecular complexity index is 629. The van der Waals surface area contributed by atoms with Crippen LogP contribution < -0.4 is 0 Å². The molecule has 1 fully saturated rings. The summed E-state index contributed by atoms with van der Waals surface area (Å²) in [7, 11) is 1.54. The van der Waals surface area contributed by atoms with E-state index in [9.17, 15) is 9.90 Å². The van der Waals surface area contributed by atoms with E-state index in [1.807, 2.05) is 12.1 Å². The van der Waals surface area contributed by atoms with E-state index in [0.717, 1.165) is 16.5 Å². The minimum Gasteiger partial charge on any atom is -0.477 e. The van der Waals surface area contributed by atoms with E-state index in [-0.39, 0.29) is 11.5 Å². The number of carboxylic acid groups (broad SMARTS) is 1. The van der Waals surface area contributed by atoms with Crippen LogP contribution in [0.5, 0.6) is 0 Å². The van der Waals surface area contributed by atoms with Gasteiger partial charge in [0.2, 0.25) is 0 Å². The smallest absolute Gasteiger partial charge is 0.347 e. The number of hydrogen-bond donors (Lipinski definition) is 1. The Balaban J connectivity index is 1.92. The molecule has 0 bridgehead atoms. The Morgan fingerprint density at radius 2 is 2.10 bits per heavy atom. The van der Waals surface area contributed by atoms with Gasteiger partial charge in [-0.25, -0.2) is 9.78 Å². The number of nitrogens with zero attached hydrogens (tertiary/aromatic N) is 1. The number of rotatable bonds is 5. The molecule has 1 heterocycles. The lowest BCUT2D eigenvalue weighted by Gasteiger charge is -1.99. The first-order chi connectivity index (χ1) is 9.69. The highest BCUT2D eigenvalue weighted by Crippen LogP contribution is 2.40. The van der Waals surface area contributed by atoms with Gasteiger partial charge in [0.15, 0.2) is 0 Å². The summed E-state index contributed by atoms with van der Waals surface area (Å²) in [5.74, 6) is -0.227. The molecule has 104 valence electrons. The number of methoxy groups -OCH3 is 1. The van der Waals surface area contributed by atoms with Gasteiger partial charge in [0.25, 0.3) is 0 Å². The summed E-state index contributed by atoms with van der Waals surface area (Å²) in [5.41, 5.74) is 2.82. The Labute approximate surface area is 121 Å². The molecule has 1 aromatic carbocycles. The van der Waals surface area contributed by atoms with Crippen molar-refractivity contribution in [3.8, 4) is 10.6 Å². The largest absolute Gasteiger partial charge is 0.477 e. The maximum Gasteiger partial charge on any atom is 0.347 e. The van der Waals surface area contributed by atoms with Crippen molar-refractivity contribution in [3.63, 3.8) is 0 Å². The average molecular weight is 289 g/mol. The highest BCUT2D eigenvalue weighted by molar-refractivity contribution is 7.17. The number of thiazole rings is 1. The van der Waals surface area contributed by atoms with Gasteiger partial charge in [-0.1, -0.05) is 24.3 Å². The fraction of sp³-hybridized carbons (Fsp3) is 0.333. The van der Waals surface area contributed by atoms with E-state index in [1.54, 1.807) is 0 Å². The number of aromatic nitrogens is 1. The van der Waals surface area contributed by atoms with Crippen LogP contribution in [-0.4, -0.2) is 23.2 Å². The van der Waals surface area contributed by atoms with E-state index in [0.29, 0.717) is 5.69 Å². The van der Waals surface area contributed by atoms with Crippen LogP contribution in [0.4, 0.5) is 0 Å². The molecule has 0 spiro atoms. The third-order valence-electron chi connectivity index (χ3n) is 3.38. The Kier molecular flexibility index (Phi) is 3.54. The average Bonchev–Trinajstić information content (AvgIpc) is 3.20. The van der Waals surface area contributed by atoms with Crippen LogP contribution in [0, 0.1) is 0 Å². The van der Waals surface area contributed by atoms with E-state index < -0.39 is 5.97 Å². The van der Waals surface area contributed by atoms with Crippen LogP contribution in [0.15, 0.2) is 24.3 Å². The minimum absolute atomic E-state index is 0.221. The molecule has 20 heavy (non-hydrogen) atoms. The molecule has 0 atom stereocenters. The van der Waals surface area contributed by atoms with Crippen molar-refractivity contribution >= 4 is 17.3 Å². The fourth-order valence-corrected chi connectivity index (χ4v) is 3.10. The van der Waals surface area contributed by atoms with Gasteiger partial charge in [0, 0.05) is 12.7 Å². The molecule has 0 amide bonds. The second kappa shape index (κ2) is 5.34. The molecule has 0 radical (unpaired) electrons. The van der Waals surface area contributed by atoms with Crippen LogP contribution in [0.2, 0.25) is 0 Å². The highest BCUT2D eigenvalue weighted by atomic mass is 32.1. The van der Waals surface area contributed by atoms with Gasteiger partial charge in [0.1, 0.15) is 9.88 Å². The number of benzene rings is 1. The summed E-state index contributed by atoms with van der Waals surface area (Å²) in [6.45, 7) is 0.221. The molecule has 1 saturated carbocycles. The predicted octanol–water partition coefficient (Wildman–Crippen LogP) is 3.53. The Hall–Kier alpha value is -1.72. The lowest BCUT2D eigenvalue weighted by Crippen LogP contribution is -1.99. The zero-order chi connectivity index (χ0) is 14.1. The molecule has 5 heteroatoms. The maximum absolute atomic E-state index is 11.2. The summed E-state index contributed by atoms with van der Waals surface area (Å²) in [6, 6.07) is 8.28. The normalized spacial score (nSPS) is 14.4. The van der Waals surface area contributed by atoms with Crippen molar-refractivity contribution in [2.24, 2.45) is 0 Å². The number of carboxylic acids is 1. The summed E-state index contributed by atoms with van der Waals surface area (Å²) < 4.78 is 5.01. The third-order valence-corrected chi connectivity index (χ3v) is 4.51. The molecule has 1 N–H and O–H groups in total. The summed E-state index contributed by atoms with van der Waals surface area (Å²) in [6.07, 6.45) is 2.55. The van der Waals surface area contributed by atoms with Gasteiger partial charge in [-0.3, -0.25) is 0 Å². The first-order valence-corrected chi connectivity index (χ1v) is 7.33. The van der Waals surface area contributed by atoms with Crippen molar-refractivity contribution < 1.29 is 14.6 Å². The van der Waals surface area contributed by atoms with Crippen molar-refractivity contribution in [1.82, 2.24) is 4.98 Å². The first-order valence-electron chi connectivity index (χ1n) is 6.51. The minimum atomic E-state index is -0.949. The van der Waals surface area contributed by atoms with Crippen molar-refractivity contribution in [2.45, 2.75) is 25.4 Å². The second-order valence-corrected chi connectivity index (χ2v) is 5.93. The fourth-order valence-electron chi connectivity index (χ4n) is 2.19. The number of carbonyl (C=O) groups is 1. The van der Waals surface area contributed by atoms with Crippen LogP contribution in [0.25, 0.3) is 10.6 Å². The van der Waals surface area contributed by atoms with E-state index in [4.69, 9.17) is 4.74 Å². The molecule has 1 aliphatic carbocycles. The molecule has 4 nitrogen and oxygen atoms in total. The van der Waals surface area contributed by atoms with Crippen molar-refractivity contribution in [2.75, 3.05) is 7.11 Å². The zero-order valence-corrected chi connectivity index (χ0v) is 11.9. The second-order valence-electron chi connectivity index (χ2n) is 4.93. The monoisotopic (exact) mass is 289 g/mol. The standard InChI is InChI=1S/C15H15NO3S/c1-19-8-12-13(15(17)18)20-14(16-12)11-6-4-10(5-7-11)9-2-3-9/h4-7,9H,2-3,8H2,1H3,(H,17,18). The summed E-state index contributed by atoms with van der Waals surface area (Å²) in [5, 5.41) is 9.93. The van der Waals surface area contributed by atoms with Crippen LogP contribution in [0.1, 0.15) is 39.7 Å². The van der Waals surface area contributed by atoms with Gasteiger partial charge >= 0.3 is 5.97 Å². The molecule has 1 aliphatic rings. The van der Waals surface area contributed by atoms with E-state index in [1.165, 1.54) is 36.9 Å². The van der Waals surface area contributed by atoms with Crippen molar-refractivity contribution in [3.05, 3.63) is 40.4 Å². The Morgan fingerprint density at radius 1 is 1.40 bits per heavy atom. The lowest BCUT2D eigenvalue weighted by molar-refractivity contribution is 0.0697. The zero-order valence-electron chi connectivity index (χ0n) is 11.1. The van der Waals surface area contributed by atoms with Gasteiger partial charge in [0.05, 0.1) is 12.3 Å². The first kappa shape index (κ1) is 13.3. The topological polar surface area (TPSA) is 59.4 Å². The lowest BCUT2D eigenvalue weighted by atomic mass is 10.1. The molecule has 0 unspecified atom stereocenters. The van der Waals surface area contributed by atoms with Gasteiger partial charge in [-0.2, -0.15) is 0 Å². The Morgan fingerprint density at radius 3 is 2.65 bits per heavy atom. The van der Waals surface area contributed by atoms with Crippen LogP contribution in [0.3, 0.4) is 0 Å². The number of aromatic carboxylic acids is 1. The van der Waals surface area contributed by atoms with Crippen LogP contribution >= 0.6 is 11.3 Å². The molecule has 2 aromatic rings. The number of hydrogen-bond acceptors (Lipinski definition) is 4. The van der Waals surface area contributed by atoms with E-state index in [2.05, 4.69) is 17.1 Å². The van der Waals surface area contributed by atoms with Crippen molar-refractivity contribution in [1.29, 1.82) is 0 Å². The summed E-state index contributed by atoms with van der Waals surface area (Å²) >= 11 is 1.20. The van der Waals surface area contributed by atoms with Gasteiger partial charge in [-0.15, -0.1) is 11.3 Å². The molecule has 3 rings (SSSR count). The molecular formula is C15H15NO3S. The van der Waals surface area contributed by atoms with Gasteiger partial charge in [-0.05, 0) is 24.3 Å². The predicted molar refractivity (Wildman–Crippen MR) is 77.2 cm³/mol. The molecule has 1 aromatic heterocycles. The highest BCUT2D eigenvalue weighted by Gasteiger charge is 2.23.